The van der Waals surface area contributed by atoms with Crippen LogP contribution < -0.4 is 14.8 Å². The van der Waals surface area contributed by atoms with Crippen molar-refractivity contribution in [2.24, 2.45) is 0 Å². The maximum Gasteiger partial charge on any atom is 0.161 e. The van der Waals surface area contributed by atoms with Crippen molar-refractivity contribution in [2.75, 3.05) is 40.4 Å². The maximum absolute atomic E-state index is 9.18. The number of benzene rings is 1. The molecule has 0 unspecified atom stereocenters. The first kappa shape index (κ1) is 22.3. The summed E-state index contributed by atoms with van der Waals surface area (Å²) >= 11 is 3.60. The van der Waals surface area contributed by atoms with Crippen molar-refractivity contribution in [3.8, 4) is 17.6 Å². The van der Waals surface area contributed by atoms with Crippen LogP contribution in [0.4, 0.5) is 0 Å². The molecule has 130 valence electrons. The molecule has 0 spiro atoms. The minimum atomic E-state index is 0. The highest BCUT2D eigenvalue weighted by Gasteiger charge is 2.25. The van der Waals surface area contributed by atoms with Crippen LogP contribution in [0.2, 0.25) is 0 Å². The molecule has 1 aromatic carbocycles. The Labute approximate surface area is 158 Å². The van der Waals surface area contributed by atoms with Crippen LogP contribution in [0, 0.1) is 11.3 Å². The van der Waals surface area contributed by atoms with E-state index in [0.717, 1.165) is 36.2 Å². The number of rotatable bonds is 5. The number of halogens is 3. The standard InChI is InChI=1S/C15H20BrN3O2.2ClH/c1-20-14-9-11(12(16)10-15(14)21-2)13(3-4-17)19-7-5-18-6-8-19;;/h9-10,13,18H,3,5-8H2,1-2H3;2*1H/t13-;;/m0../s1. The van der Waals surface area contributed by atoms with E-state index in [1.807, 2.05) is 12.1 Å². The molecule has 0 amide bonds. The molecule has 0 bridgehead atoms. The van der Waals surface area contributed by atoms with Gasteiger partial charge in [-0.1, -0.05) is 15.9 Å². The number of hydrogen-bond acceptors (Lipinski definition) is 5. The van der Waals surface area contributed by atoms with Gasteiger partial charge in [0, 0.05) is 36.7 Å². The first-order valence-electron chi connectivity index (χ1n) is 6.94. The van der Waals surface area contributed by atoms with E-state index in [1.165, 1.54) is 0 Å². The highest BCUT2D eigenvalue weighted by molar-refractivity contribution is 9.10. The molecule has 1 aliphatic heterocycles. The molecule has 0 aromatic heterocycles. The molecule has 0 aliphatic carbocycles. The molecule has 8 heteroatoms. The fourth-order valence-corrected chi connectivity index (χ4v) is 3.23. The van der Waals surface area contributed by atoms with Crippen molar-refractivity contribution >= 4 is 40.7 Å². The van der Waals surface area contributed by atoms with Gasteiger partial charge in [0.2, 0.25) is 0 Å². The van der Waals surface area contributed by atoms with Crippen LogP contribution in [0.3, 0.4) is 0 Å². The van der Waals surface area contributed by atoms with Gasteiger partial charge in [0.15, 0.2) is 11.5 Å². The molecule has 5 nitrogen and oxygen atoms in total. The van der Waals surface area contributed by atoms with Crippen molar-refractivity contribution in [1.29, 1.82) is 5.26 Å². The Bertz CT molecular complexity index is 534. The highest BCUT2D eigenvalue weighted by Crippen LogP contribution is 2.38. The lowest BCUT2D eigenvalue weighted by atomic mass is 10.0. The lowest BCUT2D eigenvalue weighted by Crippen LogP contribution is -2.45. The molecule has 1 atom stereocenters. The van der Waals surface area contributed by atoms with Gasteiger partial charge >= 0.3 is 0 Å². The van der Waals surface area contributed by atoms with E-state index in [2.05, 4.69) is 32.2 Å². The van der Waals surface area contributed by atoms with E-state index < -0.39 is 0 Å². The number of nitriles is 1. The van der Waals surface area contributed by atoms with Gasteiger partial charge in [0.25, 0.3) is 0 Å². The van der Waals surface area contributed by atoms with Crippen LogP contribution in [0.1, 0.15) is 18.0 Å². The predicted molar refractivity (Wildman–Crippen MR) is 99.2 cm³/mol. The van der Waals surface area contributed by atoms with Gasteiger partial charge in [-0.15, -0.1) is 24.8 Å². The van der Waals surface area contributed by atoms with E-state index in [9.17, 15) is 5.26 Å². The minimum Gasteiger partial charge on any atom is -0.493 e. The Balaban J connectivity index is 0.00000242. The topological polar surface area (TPSA) is 57.5 Å². The molecule has 2 rings (SSSR count). The Morgan fingerprint density at radius 2 is 1.78 bits per heavy atom. The summed E-state index contributed by atoms with van der Waals surface area (Å²) in [5.74, 6) is 1.37. The first-order valence-corrected chi connectivity index (χ1v) is 7.73. The fourth-order valence-electron chi connectivity index (χ4n) is 2.64. The van der Waals surface area contributed by atoms with Crippen LogP contribution in [0.15, 0.2) is 16.6 Å². The zero-order chi connectivity index (χ0) is 15.2. The lowest BCUT2D eigenvalue weighted by molar-refractivity contribution is 0.175. The van der Waals surface area contributed by atoms with E-state index in [-0.39, 0.29) is 30.9 Å². The summed E-state index contributed by atoms with van der Waals surface area (Å²) in [7, 11) is 3.24. The Morgan fingerprint density at radius 1 is 1.22 bits per heavy atom. The second-order valence-corrected chi connectivity index (χ2v) is 5.75. The summed E-state index contributed by atoms with van der Waals surface area (Å²) in [4.78, 5) is 2.34. The lowest BCUT2D eigenvalue weighted by Gasteiger charge is -2.34. The predicted octanol–water partition coefficient (Wildman–Crippen LogP) is 3.17. The summed E-state index contributed by atoms with van der Waals surface area (Å²) < 4.78 is 11.6. The molecule has 1 saturated heterocycles. The molecule has 23 heavy (non-hydrogen) atoms. The van der Waals surface area contributed by atoms with Gasteiger partial charge in [0.05, 0.1) is 26.7 Å². The van der Waals surface area contributed by atoms with Gasteiger partial charge in [0.1, 0.15) is 0 Å². The van der Waals surface area contributed by atoms with Crippen molar-refractivity contribution in [3.63, 3.8) is 0 Å². The third-order valence-electron chi connectivity index (χ3n) is 3.74. The summed E-state index contributed by atoms with van der Waals surface area (Å²) in [6, 6.07) is 6.23. The Morgan fingerprint density at radius 3 is 2.30 bits per heavy atom. The van der Waals surface area contributed by atoms with Crippen LogP contribution in [0.25, 0.3) is 0 Å². The summed E-state index contributed by atoms with van der Waals surface area (Å²) in [6.45, 7) is 3.78. The average Bonchev–Trinajstić information content (AvgIpc) is 2.53. The number of nitrogens with one attached hydrogen (secondary N) is 1. The summed E-state index contributed by atoms with van der Waals surface area (Å²) in [5, 5.41) is 12.5. The Hall–Kier alpha value is -0.710. The largest absolute Gasteiger partial charge is 0.493 e. The summed E-state index contributed by atoms with van der Waals surface area (Å²) in [6.07, 6.45) is 0.452. The molecular weight excluding hydrogens is 405 g/mol. The molecule has 0 radical (unpaired) electrons. The molecule has 0 saturated carbocycles. The van der Waals surface area contributed by atoms with Crippen LogP contribution in [-0.2, 0) is 0 Å². The van der Waals surface area contributed by atoms with Crippen LogP contribution >= 0.6 is 40.7 Å². The monoisotopic (exact) mass is 425 g/mol. The molecular formula is C15H22BrCl2N3O2. The smallest absolute Gasteiger partial charge is 0.161 e. The quantitative estimate of drug-likeness (QED) is 0.783. The molecule has 1 N–H and O–H groups in total. The third kappa shape index (κ3) is 5.40. The number of hydrogen-bond donors (Lipinski definition) is 1. The van der Waals surface area contributed by atoms with Gasteiger partial charge in [-0.05, 0) is 17.7 Å². The van der Waals surface area contributed by atoms with Gasteiger partial charge in [-0.25, -0.2) is 0 Å². The normalized spacial score (nSPS) is 15.6. The van der Waals surface area contributed by atoms with Crippen molar-refractivity contribution < 1.29 is 9.47 Å². The maximum atomic E-state index is 9.18. The van der Waals surface area contributed by atoms with Gasteiger partial charge in [-0.2, -0.15) is 5.26 Å². The van der Waals surface area contributed by atoms with Crippen LogP contribution in [0.5, 0.6) is 11.5 Å². The second kappa shape index (κ2) is 11.0. The number of ether oxygens (including phenoxy) is 2. The van der Waals surface area contributed by atoms with E-state index in [1.54, 1.807) is 14.2 Å². The van der Waals surface area contributed by atoms with Gasteiger partial charge in [-0.3, -0.25) is 4.90 Å². The fraction of sp³-hybridized carbons (Fsp3) is 0.533. The minimum absolute atomic E-state index is 0. The van der Waals surface area contributed by atoms with E-state index in [0.29, 0.717) is 17.9 Å². The first-order chi connectivity index (χ1) is 10.2. The van der Waals surface area contributed by atoms with Crippen molar-refractivity contribution in [1.82, 2.24) is 10.2 Å². The highest BCUT2D eigenvalue weighted by atomic mass is 79.9. The van der Waals surface area contributed by atoms with Gasteiger partial charge < -0.3 is 14.8 Å². The number of piperazine rings is 1. The zero-order valence-electron chi connectivity index (χ0n) is 13.2. The van der Waals surface area contributed by atoms with E-state index >= 15 is 0 Å². The molecule has 1 heterocycles. The van der Waals surface area contributed by atoms with Crippen molar-refractivity contribution in [3.05, 3.63) is 22.2 Å². The van der Waals surface area contributed by atoms with Crippen LogP contribution in [-0.4, -0.2) is 45.3 Å². The van der Waals surface area contributed by atoms with E-state index in [4.69, 9.17) is 9.47 Å². The molecule has 1 fully saturated rings. The third-order valence-corrected chi connectivity index (χ3v) is 4.43. The van der Waals surface area contributed by atoms with Crippen molar-refractivity contribution in [2.45, 2.75) is 12.5 Å². The summed E-state index contributed by atoms with van der Waals surface area (Å²) in [5.41, 5.74) is 1.07. The molecule has 1 aliphatic rings. The average molecular weight is 427 g/mol. The Kier molecular flexibility index (Phi) is 10.6. The second-order valence-electron chi connectivity index (χ2n) is 4.89. The SMILES string of the molecule is COc1cc(Br)c([C@H](CC#N)N2CCNCC2)cc1OC.Cl.Cl. The molecule has 1 aromatic rings. The number of methoxy groups -OCH3 is 2. The zero-order valence-corrected chi connectivity index (χ0v) is 16.4. The number of nitrogens with zero attached hydrogens (tertiary/aromatic N) is 2.